The van der Waals surface area contributed by atoms with Crippen molar-refractivity contribution in [3.8, 4) is 12.3 Å². The lowest BCUT2D eigenvalue weighted by molar-refractivity contribution is 0.170. The van der Waals surface area contributed by atoms with Crippen molar-refractivity contribution in [3.63, 3.8) is 0 Å². The van der Waals surface area contributed by atoms with Gasteiger partial charge in [-0.25, -0.2) is 4.79 Å². The lowest BCUT2D eigenvalue weighted by Gasteiger charge is -2.33. The molecule has 1 aliphatic rings. The number of hydrogen-bond acceptors (Lipinski definition) is 3. The number of hydrogen-bond donors (Lipinski definition) is 0. The van der Waals surface area contributed by atoms with Crippen LogP contribution in [0.3, 0.4) is 0 Å². The first kappa shape index (κ1) is 15.9. The second kappa shape index (κ2) is 7.52. The van der Waals surface area contributed by atoms with Crippen LogP contribution < -0.4 is 5.76 Å². The second-order valence-corrected chi connectivity index (χ2v) is 6.31. The highest BCUT2D eigenvalue weighted by molar-refractivity contribution is 5.72. The van der Waals surface area contributed by atoms with Crippen LogP contribution in [0.5, 0.6) is 0 Å². The minimum absolute atomic E-state index is 0.271. The molecule has 122 valence electrons. The van der Waals surface area contributed by atoms with Crippen molar-refractivity contribution in [1.29, 1.82) is 0 Å². The van der Waals surface area contributed by atoms with Gasteiger partial charge in [0.2, 0.25) is 0 Å². The van der Waals surface area contributed by atoms with E-state index in [4.69, 9.17) is 10.8 Å². The van der Waals surface area contributed by atoms with Gasteiger partial charge in [0.05, 0.1) is 12.1 Å². The highest BCUT2D eigenvalue weighted by Crippen LogP contribution is 2.22. The molecule has 0 bridgehead atoms. The van der Waals surface area contributed by atoms with Crippen LogP contribution in [-0.4, -0.2) is 28.6 Å². The molecular formula is C19H24N2O2. The van der Waals surface area contributed by atoms with Crippen LogP contribution in [0.25, 0.3) is 11.1 Å². The summed E-state index contributed by atoms with van der Waals surface area (Å²) >= 11 is 0. The summed E-state index contributed by atoms with van der Waals surface area (Å²) in [5.41, 5.74) is 1.53. The molecule has 0 saturated heterocycles. The Labute approximate surface area is 137 Å². The summed E-state index contributed by atoms with van der Waals surface area (Å²) in [5, 5.41) is 0. The van der Waals surface area contributed by atoms with Crippen LogP contribution in [0.15, 0.2) is 33.5 Å². The Morgan fingerprint density at radius 1 is 1.26 bits per heavy atom. The Morgan fingerprint density at radius 2 is 2.04 bits per heavy atom. The molecule has 4 nitrogen and oxygen atoms in total. The SMILES string of the molecule is C#CCN(CCCn1c(=O)oc2ccccc21)C1CCCCC1. The van der Waals surface area contributed by atoms with Gasteiger partial charge in [-0.3, -0.25) is 9.47 Å². The van der Waals surface area contributed by atoms with Crippen molar-refractivity contribution in [2.75, 3.05) is 13.1 Å². The van der Waals surface area contributed by atoms with Crippen LogP contribution in [0.4, 0.5) is 0 Å². The van der Waals surface area contributed by atoms with Crippen LogP contribution in [0.2, 0.25) is 0 Å². The summed E-state index contributed by atoms with van der Waals surface area (Å²) in [6.07, 6.45) is 12.9. The van der Waals surface area contributed by atoms with Crippen LogP contribution in [0, 0.1) is 12.3 Å². The third-order valence-electron chi connectivity index (χ3n) is 4.79. The van der Waals surface area contributed by atoms with Crippen molar-refractivity contribution in [2.45, 2.75) is 51.1 Å². The quantitative estimate of drug-likeness (QED) is 0.769. The maximum Gasteiger partial charge on any atom is 0.419 e. The van der Waals surface area contributed by atoms with Crippen molar-refractivity contribution >= 4 is 11.1 Å². The average Bonchev–Trinajstić information content (AvgIpc) is 2.90. The Bertz CT molecular complexity index is 732. The van der Waals surface area contributed by atoms with Gasteiger partial charge in [-0.15, -0.1) is 6.42 Å². The molecule has 1 aliphatic carbocycles. The molecule has 0 N–H and O–H groups in total. The number of oxazole rings is 1. The molecule has 0 unspecified atom stereocenters. The molecule has 2 aromatic rings. The zero-order valence-electron chi connectivity index (χ0n) is 13.5. The zero-order valence-corrected chi connectivity index (χ0v) is 13.5. The Kier molecular flexibility index (Phi) is 5.19. The van der Waals surface area contributed by atoms with Crippen molar-refractivity contribution in [3.05, 3.63) is 34.8 Å². The lowest BCUT2D eigenvalue weighted by atomic mass is 9.94. The van der Waals surface area contributed by atoms with Gasteiger partial charge in [0.1, 0.15) is 0 Å². The molecule has 23 heavy (non-hydrogen) atoms. The molecule has 1 heterocycles. The number of benzene rings is 1. The van der Waals surface area contributed by atoms with Crippen molar-refractivity contribution in [2.24, 2.45) is 0 Å². The van der Waals surface area contributed by atoms with Gasteiger partial charge in [0.25, 0.3) is 0 Å². The highest BCUT2D eigenvalue weighted by atomic mass is 16.4. The molecule has 0 amide bonds. The van der Waals surface area contributed by atoms with Gasteiger partial charge in [-0.05, 0) is 31.4 Å². The first-order valence-corrected chi connectivity index (χ1v) is 8.55. The number of aryl methyl sites for hydroxylation is 1. The smallest absolute Gasteiger partial charge is 0.408 e. The molecular weight excluding hydrogens is 288 g/mol. The van der Waals surface area contributed by atoms with Gasteiger partial charge in [-0.2, -0.15) is 0 Å². The Balaban J connectivity index is 1.63. The molecule has 0 atom stereocenters. The number of para-hydroxylation sites is 2. The average molecular weight is 312 g/mol. The van der Waals surface area contributed by atoms with Gasteiger partial charge in [-0.1, -0.05) is 37.3 Å². The first-order valence-electron chi connectivity index (χ1n) is 8.55. The van der Waals surface area contributed by atoms with E-state index in [1.54, 1.807) is 4.57 Å². The predicted molar refractivity (Wildman–Crippen MR) is 92.4 cm³/mol. The Morgan fingerprint density at radius 3 is 2.83 bits per heavy atom. The zero-order chi connectivity index (χ0) is 16.1. The van der Waals surface area contributed by atoms with Crippen LogP contribution in [-0.2, 0) is 6.54 Å². The summed E-state index contributed by atoms with van der Waals surface area (Å²) in [7, 11) is 0. The van der Waals surface area contributed by atoms with Crippen LogP contribution >= 0.6 is 0 Å². The summed E-state index contributed by atoms with van der Waals surface area (Å²) in [6, 6.07) is 8.19. The second-order valence-electron chi connectivity index (χ2n) is 6.31. The van der Waals surface area contributed by atoms with E-state index >= 15 is 0 Å². The fourth-order valence-corrected chi connectivity index (χ4v) is 3.61. The molecule has 1 aromatic heterocycles. The number of terminal acetylenes is 1. The molecule has 1 saturated carbocycles. The normalized spacial score (nSPS) is 16.0. The van der Waals surface area contributed by atoms with E-state index in [1.165, 1.54) is 32.1 Å². The number of nitrogens with zero attached hydrogens (tertiary/aromatic N) is 2. The molecule has 3 rings (SSSR count). The molecule has 4 heteroatoms. The summed E-state index contributed by atoms with van der Waals surface area (Å²) in [6.45, 7) is 2.30. The Hall–Kier alpha value is -1.99. The number of rotatable bonds is 6. The lowest BCUT2D eigenvalue weighted by Crippen LogP contribution is -2.38. The van der Waals surface area contributed by atoms with Gasteiger partial charge in [0, 0.05) is 19.1 Å². The minimum Gasteiger partial charge on any atom is -0.408 e. The molecule has 0 spiro atoms. The minimum atomic E-state index is -0.271. The van der Waals surface area contributed by atoms with Gasteiger partial charge >= 0.3 is 5.76 Å². The predicted octanol–water partition coefficient (Wildman–Crippen LogP) is 3.25. The maximum atomic E-state index is 12.0. The summed E-state index contributed by atoms with van der Waals surface area (Å²) in [5.74, 6) is 2.52. The number of fused-ring (bicyclic) bond motifs is 1. The van der Waals surface area contributed by atoms with E-state index in [-0.39, 0.29) is 5.76 Å². The van der Waals surface area contributed by atoms with E-state index in [2.05, 4.69) is 10.8 Å². The highest BCUT2D eigenvalue weighted by Gasteiger charge is 2.20. The fourth-order valence-electron chi connectivity index (χ4n) is 3.61. The summed E-state index contributed by atoms with van der Waals surface area (Å²) < 4.78 is 7.01. The topological polar surface area (TPSA) is 38.4 Å². The first-order chi connectivity index (χ1) is 11.3. The van der Waals surface area contributed by atoms with E-state index in [0.717, 1.165) is 18.5 Å². The third kappa shape index (κ3) is 3.68. The standard InChI is InChI=1S/C19H24N2O2/c1-2-13-20(16-9-4-3-5-10-16)14-8-15-21-17-11-6-7-12-18(17)23-19(21)22/h1,6-7,11-12,16H,3-5,8-10,13-15H2. The van der Waals surface area contributed by atoms with Gasteiger partial charge < -0.3 is 4.42 Å². The monoisotopic (exact) mass is 312 g/mol. The number of aromatic nitrogens is 1. The van der Waals surface area contributed by atoms with E-state index in [9.17, 15) is 4.79 Å². The largest absolute Gasteiger partial charge is 0.419 e. The van der Waals surface area contributed by atoms with Crippen molar-refractivity contribution in [1.82, 2.24) is 9.47 Å². The van der Waals surface area contributed by atoms with E-state index in [0.29, 0.717) is 24.7 Å². The van der Waals surface area contributed by atoms with E-state index < -0.39 is 0 Å². The van der Waals surface area contributed by atoms with Crippen LogP contribution in [0.1, 0.15) is 38.5 Å². The summed E-state index contributed by atoms with van der Waals surface area (Å²) in [4.78, 5) is 14.4. The maximum absolute atomic E-state index is 12.0. The molecule has 1 fully saturated rings. The van der Waals surface area contributed by atoms with Gasteiger partial charge in [0.15, 0.2) is 5.58 Å². The van der Waals surface area contributed by atoms with Crippen molar-refractivity contribution < 1.29 is 4.42 Å². The molecule has 0 aliphatic heterocycles. The van der Waals surface area contributed by atoms with E-state index in [1.807, 2.05) is 24.3 Å². The third-order valence-corrected chi connectivity index (χ3v) is 4.79. The molecule has 1 aromatic carbocycles. The fraction of sp³-hybridized carbons (Fsp3) is 0.526. The molecule has 0 radical (unpaired) electrons.